The standard InChI is InChI=1S/C62H55BN2O/c1-59(2,3)34-19-22-36(23-20-34)64-50-32-48-42(37-24-21-35(60(4,5)6)29-47(37)62(48,9)10)30-43(50)39-25-26-41-56-51(28-27-46-55(56)40-16-11-13-17-45(40)61(46,7)8)65-52-31-44-38-15-12-14-18-53(38)66-54(44)33-49(52)63-57(39)58(41)65/h11-33,63-64H,1-10H3. The zero-order valence-electron chi connectivity index (χ0n) is 39.8. The van der Waals surface area contributed by atoms with E-state index in [-0.39, 0.29) is 21.7 Å². The van der Waals surface area contributed by atoms with Gasteiger partial charge in [-0.2, -0.15) is 0 Å². The predicted octanol–water partition coefficient (Wildman–Crippen LogP) is 15.0. The predicted molar refractivity (Wildman–Crippen MR) is 282 cm³/mol. The van der Waals surface area contributed by atoms with E-state index in [1.807, 2.05) is 0 Å². The molecule has 0 unspecified atom stereocenters. The molecule has 0 saturated heterocycles. The highest BCUT2D eigenvalue weighted by molar-refractivity contribution is 6.73. The SMILES string of the molecule is CC(C)(C)c1ccc(Nc2cc3c(cc2-c2ccc4c5c6c(ccc5n5c4c2Bc2cc4oc7ccccc7c4cc2-5)C(C)(C)c2ccccc2-6)-c2ccc(C(C)(C)C)cc2C3(C)C)cc1. The molecular formula is C62H55BN2O. The van der Waals surface area contributed by atoms with Crippen molar-refractivity contribution >= 4 is 73.3 Å². The summed E-state index contributed by atoms with van der Waals surface area (Å²) < 4.78 is 9.22. The lowest BCUT2D eigenvalue weighted by Crippen LogP contribution is -2.37. The average Bonchev–Trinajstić information content (AvgIpc) is 3.96. The molecule has 2 aliphatic carbocycles. The topological polar surface area (TPSA) is 30.1 Å². The molecule has 2 aromatic heterocycles. The third-order valence-corrected chi connectivity index (χ3v) is 15.9. The van der Waals surface area contributed by atoms with Crippen LogP contribution in [0.15, 0.2) is 144 Å². The van der Waals surface area contributed by atoms with E-state index in [1.165, 1.54) is 105 Å². The number of fused-ring (bicyclic) bond motifs is 15. The lowest BCUT2D eigenvalue weighted by Gasteiger charge is -2.27. The third kappa shape index (κ3) is 5.33. The number of para-hydroxylation sites is 1. The van der Waals surface area contributed by atoms with Crippen molar-refractivity contribution in [2.45, 2.75) is 90.9 Å². The van der Waals surface area contributed by atoms with Crippen LogP contribution in [0.3, 0.4) is 0 Å². The van der Waals surface area contributed by atoms with Gasteiger partial charge in [0.15, 0.2) is 7.28 Å². The van der Waals surface area contributed by atoms with Gasteiger partial charge in [-0.25, -0.2) is 0 Å². The van der Waals surface area contributed by atoms with E-state index in [2.05, 4.69) is 219 Å². The van der Waals surface area contributed by atoms with Gasteiger partial charge in [-0.3, -0.25) is 0 Å². The van der Waals surface area contributed by atoms with E-state index >= 15 is 0 Å². The van der Waals surface area contributed by atoms with Gasteiger partial charge in [0.2, 0.25) is 0 Å². The Hall–Kier alpha value is -6.78. The molecule has 0 spiro atoms. The first-order valence-corrected chi connectivity index (χ1v) is 23.9. The van der Waals surface area contributed by atoms with Crippen molar-refractivity contribution in [3.05, 3.63) is 173 Å². The second-order valence-electron chi connectivity index (χ2n) is 22.7. The molecule has 0 amide bonds. The Labute approximate surface area is 388 Å². The van der Waals surface area contributed by atoms with Gasteiger partial charge in [-0.05, 0) is 126 Å². The summed E-state index contributed by atoms with van der Waals surface area (Å²) in [5, 5.41) is 8.99. The number of hydrogen-bond donors (Lipinski definition) is 1. The molecule has 3 heterocycles. The summed E-state index contributed by atoms with van der Waals surface area (Å²) in [4.78, 5) is 0. The van der Waals surface area contributed by atoms with Crippen LogP contribution in [-0.2, 0) is 21.7 Å². The second-order valence-corrected chi connectivity index (χ2v) is 22.7. The number of nitrogens with one attached hydrogen (secondary N) is 1. The fourth-order valence-electron chi connectivity index (χ4n) is 12.3. The van der Waals surface area contributed by atoms with Crippen LogP contribution < -0.4 is 16.2 Å². The highest BCUT2D eigenvalue weighted by atomic mass is 16.3. The minimum absolute atomic E-state index is 0.0513. The van der Waals surface area contributed by atoms with Crippen LogP contribution in [0.25, 0.3) is 82.8 Å². The smallest absolute Gasteiger partial charge is 0.198 e. The first kappa shape index (κ1) is 39.6. The molecule has 1 aliphatic heterocycles. The summed E-state index contributed by atoms with van der Waals surface area (Å²) in [6.45, 7) is 23.4. The summed E-state index contributed by atoms with van der Waals surface area (Å²) in [6.07, 6.45) is 0. The summed E-state index contributed by atoms with van der Waals surface area (Å²) in [5.41, 5.74) is 26.4. The van der Waals surface area contributed by atoms with Crippen molar-refractivity contribution in [3.63, 3.8) is 0 Å². The quantitative estimate of drug-likeness (QED) is 0.179. The molecule has 0 saturated carbocycles. The van der Waals surface area contributed by atoms with Crippen LogP contribution in [0.1, 0.15) is 103 Å². The molecule has 1 N–H and O–H groups in total. The first-order chi connectivity index (χ1) is 31.5. The van der Waals surface area contributed by atoms with Gasteiger partial charge in [0, 0.05) is 60.5 Å². The molecule has 0 fully saturated rings. The molecule has 322 valence electrons. The minimum Gasteiger partial charge on any atom is -0.456 e. The monoisotopic (exact) mass is 854 g/mol. The van der Waals surface area contributed by atoms with E-state index < -0.39 is 0 Å². The molecule has 3 nitrogen and oxygen atoms in total. The van der Waals surface area contributed by atoms with Crippen LogP contribution in [0, 0.1) is 0 Å². The number of rotatable bonds is 3. The van der Waals surface area contributed by atoms with Crippen LogP contribution >= 0.6 is 0 Å². The molecule has 0 bridgehead atoms. The Morgan fingerprint density at radius 1 is 0.515 bits per heavy atom. The van der Waals surface area contributed by atoms with Gasteiger partial charge >= 0.3 is 0 Å². The van der Waals surface area contributed by atoms with E-state index in [0.29, 0.717) is 0 Å². The lowest BCUT2D eigenvalue weighted by atomic mass is 9.59. The normalized spacial score (nSPS) is 15.2. The maximum Gasteiger partial charge on any atom is 0.198 e. The maximum absolute atomic E-state index is 6.61. The third-order valence-electron chi connectivity index (χ3n) is 15.9. The Kier molecular flexibility index (Phi) is 7.78. The fourth-order valence-corrected chi connectivity index (χ4v) is 12.3. The van der Waals surface area contributed by atoms with Crippen LogP contribution in [0.2, 0.25) is 0 Å². The van der Waals surface area contributed by atoms with Crippen LogP contribution in [0.5, 0.6) is 0 Å². The number of furan rings is 1. The van der Waals surface area contributed by atoms with Crippen molar-refractivity contribution in [1.82, 2.24) is 4.57 Å². The van der Waals surface area contributed by atoms with Gasteiger partial charge in [-0.1, -0.05) is 166 Å². The second kappa shape index (κ2) is 13.0. The number of aromatic nitrogens is 1. The van der Waals surface area contributed by atoms with Crippen molar-refractivity contribution in [2.24, 2.45) is 0 Å². The number of benzene rings is 8. The maximum atomic E-state index is 6.61. The summed E-state index contributed by atoms with van der Waals surface area (Å²) in [5.74, 6) is 0. The Balaban J connectivity index is 1.12. The number of anilines is 2. The highest BCUT2D eigenvalue weighted by Gasteiger charge is 2.40. The summed E-state index contributed by atoms with van der Waals surface area (Å²) >= 11 is 0. The molecular weight excluding hydrogens is 800 g/mol. The summed E-state index contributed by atoms with van der Waals surface area (Å²) in [7, 11) is 0.781. The first-order valence-electron chi connectivity index (χ1n) is 23.9. The largest absolute Gasteiger partial charge is 0.456 e. The average molecular weight is 855 g/mol. The van der Waals surface area contributed by atoms with Gasteiger partial charge < -0.3 is 14.3 Å². The van der Waals surface area contributed by atoms with Gasteiger partial charge in [0.1, 0.15) is 11.2 Å². The van der Waals surface area contributed by atoms with Crippen molar-refractivity contribution in [1.29, 1.82) is 0 Å². The van der Waals surface area contributed by atoms with Gasteiger partial charge in [0.25, 0.3) is 0 Å². The molecule has 4 heteroatoms. The summed E-state index contributed by atoms with van der Waals surface area (Å²) in [6, 6.07) is 53.3. The van der Waals surface area contributed by atoms with Crippen LogP contribution in [0.4, 0.5) is 11.4 Å². The zero-order valence-corrected chi connectivity index (χ0v) is 39.8. The van der Waals surface area contributed by atoms with E-state index in [1.54, 1.807) is 0 Å². The van der Waals surface area contributed by atoms with Crippen LogP contribution in [-0.4, -0.2) is 11.8 Å². The Bertz CT molecular complexity index is 3770. The van der Waals surface area contributed by atoms with Crippen molar-refractivity contribution < 1.29 is 4.42 Å². The van der Waals surface area contributed by atoms with Gasteiger partial charge in [-0.15, -0.1) is 0 Å². The molecule has 0 atom stereocenters. The van der Waals surface area contributed by atoms with Crippen molar-refractivity contribution in [3.8, 4) is 39.1 Å². The molecule has 10 aromatic rings. The number of nitrogens with zero attached hydrogens (tertiary/aromatic N) is 1. The molecule has 13 rings (SSSR count). The van der Waals surface area contributed by atoms with Crippen molar-refractivity contribution in [2.75, 3.05) is 5.32 Å². The zero-order chi connectivity index (χ0) is 45.4. The fraction of sp³-hybridized carbons (Fsp3) is 0.226. The minimum atomic E-state index is -0.178. The lowest BCUT2D eigenvalue weighted by molar-refractivity contribution is 0.584. The Morgan fingerprint density at radius 3 is 2.00 bits per heavy atom. The van der Waals surface area contributed by atoms with E-state index in [4.69, 9.17) is 4.42 Å². The number of hydrogen-bond acceptors (Lipinski definition) is 2. The molecule has 66 heavy (non-hydrogen) atoms. The Morgan fingerprint density at radius 2 is 1.21 bits per heavy atom. The molecule has 3 aliphatic rings. The van der Waals surface area contributed by atoms with E-state index in [0.717, 1.165) is 40.6 Å². The van der Waals surface area contributed by atoms with Gasteiger partial charge in [0.05, 0.1) is 5.52 Å². The highest BCUT2D eigenvalue weighted by Crippen LogP contribution is 2.55. The van der Waals surface area contributed by atoms with E-state index in [9.17, 15) is 0 Å². The molecule has 0 radical (unpaired) electrons. The molecule has 8 aromatic carbocycles.